The lowest BCUT2D eigenvalue weighted by atomic mass is 10.2. The standard InChI is InChI=1S/C22H13Cl3N2O/c23-15-8-10-17(11-9-15)27-21(12-6-14-5-7-16(24)13-19(14)25)26-20-4-2-1-3-18(20)22(27)28/h1-13H. The number of fused-ring (bicyclic) bond motifs is 1. The maximum Gasteiger partial charge on any atom is 0.266 e. The molecule has 0 aliphatic carbocycles. The minimum atomic E-state index is -0.158. The van der Waals surface area contributed by atoms with E-state index in [1.54, 1.807) is 53.1 Å². The third-order valence-corrected chi connectivity index (χ3v) is 5.08. The molecule has 6 heteroatoms. The summed E-state index contributed by atoms with van der Waals surface area (Å²) in [6.45, 7) is 0. The van der Waals surface area contributed by atoms with Crippen LogP contribution in [0.1, 0.15) is 11.4 Å². The first kappa shape index (κ1) is 18.8. The number of hydrogen-bond acceptors (Lipinski definition) is 2. The maximum atomic E-state index is 13.2. The van der Waals surface area contributed by atoms with Crippen molar-refractivity contribution in [2.75, 3.05) is 0 Å². The Balaban J connectivity index is 1.93. The van der Waals surface area contributed by atoms with Gasteiger partial charge in [0, 0.05) is 15.1 Å². The summed E-state index contributed by atoms with van der Waals surface area (Å²) >= 11 is 18.2. The molecule has 28 heavy (non-hydrogen) atoms. The van der Waals surface area contributed by atoms with E-state index in [2.05, 4.69) is 4.98 Å². The van der Waals surface area contributed by atoms with Crippen LogP contribution in [-0.2, 0) is 0 Å². The number of benzene rings is 3. The van der Waals surface area contributed by atoms with Gasteiger partial charge < -0.3 is 0 Å². The molecule has 0 radical (unpaired) electrons. The second kappa shape index (κ2) is 7.80. The van der Waals surface area contributed by atoms with Crippen LogP contribution in [0.3, 0.4) is 0 Å². The Morgan fingerprint density at radius 3 is 2.29 bits per heavy atom. The van der Waals surface area contributed by atoms with Gasteiger partial charge in [0.1, 0.15) is 5.82 Å². The second-order valence-corrected chi connectivity index (χ2v) is 7.38. The fourth-order valence-corrected chi connectivity index (χ4v) is 3.50. The Labute approximate surface area is 176 Å². The van der Waals surface area contributed by atoms with Gasteiger partial charge >= 0.3 is 0 Å². The lowest BCUT2D eigenvalue weighted by Crippen LogP contribution is -2.22. The zero-order chi connectivity index (χ0) is 19.7. The molecule has 0 atom stereocenters. The number of nitrogens with zero attached hydrogens (tertiary/aromatic N) is 2. The van der Waals surface area contributed by atoms with Crippen LogP contribution in [0.2, 0.25) is 15.1 Å². The van der Waals surface area contributed by atoms with Crippen LogP contribution in [0.15, 0.2) is 71.5 Å². The summed E-state index contributed by atoms with van der Waals surface area (Å²) in [5, 5.41) is 2.21. The number of halogens is 3. The minimum Gasteiger partial charge on any atom is -0.268 e. The molecule has 0 unspecified atom stereocenters. The first-order chi connectivity index (χ1) is 13.5. The monoisotopic (exact) mass is 426 g/mol. The predicted molar refractivity (Wildman–Crippen MR) is 118 cm³/mol. The Bertz CT molecular complexity index is 1260. The highest BCUT2D eigenvalue weighted by atomic mass is 35.5. The third-order valence-electron chi connectivity index (χ3n) is 4.26. The molecule has 0 fully saturated rings. The average molecular weight is 428 g/mol. The average Bonchev–Trinajstić information content (AvgIpc) is 2.68. The summed E-state index contributed by atoms with van der Waals surface area (Å²) in [5.74, 6) is 0.483. The van der Waals surface area contributed by atoms with Crippen molar-refractivity contribution >= 4 is 57.9 Å². The molecule has 4 rings (SSSR count). The van der Waals surface area contributed by atoms with Crippen molar-refractivity contribution in [1.82, 2.24) is 9.55 Å². The molecule has 0 bridgehead atoms. The van der Waals surface area contributed by atoms with Crippen molar-refractivity contribution in [3.8, 4) is 5.69 Å². The Morgan fingerprint density at radius 2 is 1.54 bits per heavy atom. The Morgan fingerprint density at radius 1 is 0.821 bits per heavy atom. The van der Waals surface area contributed by atoms with E-state index in [1.165, 1.54) is 0 Å². The van der Waals surface area contributed by atoms with E-state index < -0.39 is 0 Å². The topological polar surface area (TPSA) is 34.9 Å². The number of rotatable bonds is 3. The first-order valence-corrected chi connectivity index (χ1v) is 9.57. The zero-order valence-electron chi connectivity index (χ0n) is 14.4. The SMILES string of the molecule is O=c1c2ccccc2nc(C=Cc2ccc(Cl)cc2Cl)n1-c1ccc(Cl)cc1. The highest BCUT2D eigenvalue weighted by Crippen LogP contribution is 2.23. The molecule has 3 aromatic carbocycles. The highest BCUT2D eigenvalue weighted by molar-refractivity contribution is 6.35. The first-order valence-electron chi connectivity index (χ1n) is 8.44. The number of para-hydroxylation sites is 1. The van der Waals surface area contributed by atoms with Crippen molar-refractivity contribution in [3.05, 3.63) is 104 Å². The van der Waals surface area contributed by atoms with Crippen molar-refractivity contribution < 1.29 is 0 Å². The molecule has 138 valence electrons. The van der Waals surface area contributed by atoms with Crippen LogP contribution in [0, 0.1) is 0 Å². The van der Waals surface area contributed by atoms with E-state index in [4.69, 9.17) is 34.8 Å². The lowest BCUT2D eigenvalue weighted by molar-refractivity contribution is 0.944. The van der Waals surface area contributed by atoms with Crippen LogP contribution in [0.5, 0.6) is 0 Å². The molecule has 0 amide bonds. The molecule has 4 aromatic rings. The molecular formula is C22H13Cl3N2O. The van der Waals surface area contributed by atoms with Gasteiger partial charge in [-0.15, -0.1) is 0 Å². The molecule has 1 heterocycles. The minimum absolute atomic E-state index is 0.158. The Kier molecular flexibility index (Phi) is 5.23. The fourth-order valence-electron chi connectivity index (χ4n) is 2.90. The molecule has 0 aliphatic rings. The van der Waals surface area contributed by atoms with E-state index in [1.807, 2.05) is 30.3 Å². The van der Waals surface area contributed by atoms with Gasteiger partial charge in [-0.1, -0.05) is 53.0 Å². The van der Waals surface area contributed by atoms with Crippen LogP contribution >= 0.6 is 34.8 Å². The predicted octanol–water partition coefficient (Wildman–Crippen LogP) is 6.52. The van der Waals surface area contributed by atoms with Gasteiger partial charge in [-0.25, -0.2) is 4.98 Å². The fraction of sp³-hybridized carbons (Fsp3) is 0. The van der Waals surface area contributed by atoms with Gasteiger partial charge in [0.05, 0.1) is 16.6 Å². The molecule has 3 nitrogen and oxygen atoms in total. The summed E-state index contributed by atoms with van der Waals surface area (Å²) in [4.78, 5) is 17.8. The summed E-state index contributed by atoms with van der Waals surface area (Å²) in [6, 6.07) is 19.5. The quantitative estimate of drug-likeness (QED) is 0.373. The van der Waals surface area contributed by atoms with Crippen molar-refractivity contribution in [1.29, 1.82) is 0 Å². The van der Waals surface area contributed by atoms with E-state index in [0.29, 0.717) is 37.5 Å². The number of hydrogen-bond donors (Lipinski definition) is 0. The second-order valence-electron chi connectivity index (χ2n) is 6.10. The van der Waals surface area contributed by atoms with Crippen molar-refractivity contribution in [2.45, 2.75) is 0 Å². The van der Waals surface area contributed by atoms with E-state index in [-0.39, 0.29) is 5.56 Å². The summed E-state index contributed by atoms with van der Waals surface area (Å²) in [7, 11) is 0. The largest absolute Gasteiger partial charge is 0.268 e. The van der Waals surface area contributed by atoms with Gasteiger partial charge in [-0.2, -0.15) is 0 Å². The van der Waals surface area contributed by atoms with Gasteiger partial charge in [-0.3, -0.25) is 9.36 Å². The van der Waals surface area contributed by atoms with Crippen LogP contribution < -0.4 is 5.56 Å². The van der Waals surface area contributed by atoms with E-state index in [9.17, 15) is 4.79 Å². The number of aromatic nitrogens is 2. The molecule has 0 saturated carbocycles. The molecule has 1 aromatic heterocycles. The van der Waals surface area contributed by atoms with Gasteiger partial charge in [0.15, 0.2) is 0 Å². The smallest absolute Gasteiger partial charge is 0.266 e. The summed E-state index contributed by atoms with van der Waals surface area (Å²) in [6.07, 6.45) is 3.57. The molecule has 0 N–H and O–H groups in total. The van der Waals surface area contributed by atoms with Gasteiger partial charge in [0.25, 0.3) is 5.56 Å². The van der Waals surface area contributed by atoms with E-state index in [0.717, 1.165) is 5.56 Å². The lowest BCUT2D eigenvalue weighted by Gasteiger charge is -2.11. The van der Waals surface area contributed by atoms with Gasteiger partial charge in [0.2, 0.25) is 0 Å². The maximum absolute atomic E-state index is 13.2. The van der Waals surface area contributed by atoms with E-state index >= 15 is 0 Å². The molecule has 0 aliphatic heterocycles. The molecular weight excluding hydrogens is 415 g/mol. The summed E-state index contributed by atoms with van der Waals surface area (Å²) in [5.41, 5.74) is 1.92. The van der Waals surface area contributed by atoms with Gasteiger partial charge in [-0.05, 0) is 66.2 Å². The highest BCUT2D eigenvalue weighted by Gasteiger charge is 2.11. The Hall–Kier alpha value is -2.59. The summed E-state index contributed by atoms with van der Waals surface area (Å²) < 4.78 is 1.55. The molecule has 0 spiro atoms. The van der Waals surface area contributed by atoms with Crippen molar-refractivity contribution in [2.24, 2.45) is 0 Å². The molecule has 0 saturated heterocycles. The third kappa shape index (κ3) is 3.69. The van der Waals surface area contributed by atoms with Crippen molar-refractivity contribution in [3.63, 3.8) is 0 Å². The normalized spacial score (nSPS) is 11.4. The van der Waals surface area contributed by atoms with Crippen LogP contribution in [0.25, 0.3) is 28.7 Å². The van der Waals surface area contributed by atoms with Crippen LogP contribution in [-0.4, -0.2) is 9.55 Å². The zero-order valence-corrected chi connectivity index (χ0v) is 16.7. The van der Waals surface area contributed by atoms with Crippen LogP contribution in [0.4, 0.5) is 0 Å².